The number of nitrogens with zero attached hydrogens (tertiary/aromatic N) is 5. The molecule has 0 bridgehead atoms. The summed E-state index contributed by atoms with van der Waals surface area (Å²) in [5, 5.41) is 7.30. The Kier molecular flexibility index (Phi) is 4.30. The van der Waals surface area contributed by atoms with E-state index in [4.69, 9.17) is 0 Å². The molecular weight excluding hydrogens is 374 g/mol. The Hall–Kier alpha value is -4.08. The number of aromatic nitrogens is 6. The van der Waals surface area contributed by atoms with Crippen LogP contribution in [0.1, 0.15) is 21.9 Å². The van der Waals surface area contributed by atoms with E-state index in [-0.39, 0.29) is 16.7 Å². The molecule has 0 atom stereocenters. The van der Waals surface area contributed by atoms with E-state index < -0.39 is 17.2 Å². The minimum absolute atomic E-state index is 0.0701. The second-order valence-corrected chi connectivity index (χ2v) is 6.58. The normalized spacial score (nSPS) is 11.0. The molecule has 4 aromatic heterocycles. The molecule has 2 N–H and O–H groups in total. The zero-order valence-corrected chi connectivity index (χ0v) is 15.9. The zero-order valence-electron chi connectivity index (χ0n) is 15.9. The first kappa shape index (κ1) is 18.3. The van der Waals surface area contributed by atoms with Crippen LogP contribution in [-0.2, 0) is 7.05 Å². The lowest BCUT2D eigenvalue weighted by Gasteiger charge is -2.08. The summed E-state index contributed by atoms with van der Waals surface area (Å²) in [6.07, 6.45) is 1.52. The van der Waals surface area contributed by atoms with Gasteiger partial charge >= 0.3 is 5.69 Å². The number of hydrogen-bond acceptors (Lipinski definition) is 6. The van der Waals surface area contributed by atoms with Crippen molar-refractivity contribution in [3.63, 3.8) is 0 Å². The van der Waals surface area contributed by atoms with E-state index in [2.05, 4.69) is 25.4 Å². The maximum Gasteiger partial charge on any atom is 0.329 e. The van der Waals surface area contributed by atoms with Crippen molar-refractivity contribution in [1.82, 2.24) is 29.3 Å². The van der Waals surface area contributed by atoms with E-state index in [0.717, 1.165) is 11.4 Å². The fourth-order valence-corrected chi connectivity index (χ4v) is 2.99. The lowest BCUT2D eigenvalue weighted by atomic mass is 10.2. The van der Waals surface area contributed by atoms with Crippen LogP contribution in [0.4, 0.5) is 5.69 Å². The first-order chi connectivity index (χ1) is 13.8. The third-order valence-electron chi connectivity index (χ3n) is 4.43. The van der Waals surface area contributed by atoms with Crippen molar-refractivity contribution in [2.75, 3.05) is 5.32 Å². The maximum atomic E-state index is 12.6. The van der Waals surface area contributed by atoms with Gasteiger partial charge in [-0.15, -0.1) is 0 Å². The van der Waals surface area contributed by atoms with Crippen molar-refractivity contribution in [1.29, 1.82) is 0 Å². The summed E-state index contributed by atoms with van der Waals surface area (Å²) in [6, 6.07) is 8.28. The average Bonchev–Trinajstić information content (AvgIpc) is 3.04. The van der Waals surface area contributed by atoms with Gasteiger partial charge in [0.15, 0.2) is 5.82 Å². The van der Waals surface area contributed by atoms with Gasteiger partial charge in [0.05, 0.1) is 23.0 Å². The minimum atomic E-state index is -0.600. The highest BCUT2D eigenvalue weighted by atomic mass is 16.2. The molecule has 0 aliphatic rings. The molecule has 0 fully saturated rings. The van der Waals surface area contributed by atoms with Crippen LogP contribution in [0.5, 0.6) is 0 Å². The van der Waals surface area contributed by atoms with Crippen molar-refractivity contribution in [3.05, 3.63) is 74.4 Å². The molecule has 0 saturated heterocycles. The van der Waals surface area contributed by atoms with E-state index in [0.29, 0.717) is 11.5 Å². The highest BCUT2D eigenvalue weighted by Gasteiger charge is 2.13. The summed E-state index contributed by atoms with van der Waals surface area (Å²) >= 11 is 0. The van der Waals surface area contributed by atoms with Crippen LogP contribution in [0.15, 0.2) is 46.1 Å². The van der Waals surface area contributed by atoms with E-state index >= 15 is 0 Å². The van der Waals surface area contributed by atoms with Gasteiger partial charge in [-0.1, -0.05) is 0 Å². The van der Waals surface area contributed by atoms with Gasteiger partial charge in [0.25, 0.3) is 11.5 Å². The minimum Gasteiger partial charge on any atom is -0.319 e. The van der Waals surface area contributed by atoms with Crippen LogP contribution in [0, 0.1) is 13.8 Å². The topological polar surface area (TPSA) is 128 Å². The highest BCUT2D eigenvalue weighted by molar-refractivity contribution is 6.03. The van der Waals surface area contributed by atoms with Gasteiger partial charge in [0.1, 0.15) is 11.3 Å². The Morgan fingerprint density at radius 1 is 1.14 bits per heavy atom. The van der Waals surface area contributed by atoms with E-state index in [1.54, 1.807) is 16.8 Å². The summed E-state index contributed by atoms with van der Waals surface area (Å²) in [5.41, 5.74) is 1.36. The first-order valence-electron chi connectivity index (χ1n) is 8.74. The highest BCUT2D eigenvalue weighted by Crippen LogP contribution is 2.14. The predicted octanol–water partition coefficient (Wildman–Crippen LogP) is 1.07. The fraction of sp³-hybridized carbons (Fsp3) is 0.158. The van der Waals surface area contributed by atoms with Crippen LogP contribution in [-0.4, -0.2) is 35.2 Å². The number of rotatable bonds is 3. The van der Waals surface area contributed by atoms with Crippen LogP contribution >= 0.6 is 0 Å². The van der Waals surface area contributed by atoms with Crippen LogP contribution < -0.4 is 16.6 Å². The number of fused-ring (bicyclic) bond motifs is 1. The third-order valence-corrected chi connectivity index (χ3v) is 4.43. The predicted molar refractivity (Wildman–Crippen MR) is 106 cm³/mol. The summed E-state index contributed by atoms with van der Waals surface area (Å²) in [5.74, 6) is 0.145. The number of pyridine rings is 2. The molecule has 146 valence electrons. The zero-order chi connectivity index (χ0) is 20.7. The molecule has 0 aliphatic heterocycles. The number of H-pyrrole nitrogens is 1. The molecule has 0 spiro atoms. The van der Waals surface area contributed by atoms with Gasteiger partial charge in [-0.05, 0) is 44.2 Å². The number of carbonyl (C=O) groups is 1. The molecular formula is C19H17N7O3. The maximum absolute atomic E-state index is 12.6. The summed E-state index contributed by atoms with van der Waals surface area (Å²) in [7, 11) is 1.47. The molecule has 4 aromatic rings. The molecule has 0 radical (unpaired) electrons. The Morgan fingerprint density at radius 3 is 2.59 bits per heavy atom. The number of nitrogens with one attached hydrogen (secondary N) is 2. The molecule has 0 aromatic carbocycles. The average molecular weight is 391 g/mol. The molecule has 0 saturated carbocycles. The number of carbonyl (C=O) groups excluding carboxylic acids is 1. The van der Waals surface area contributed by atoms with Gasteiger partial charge in [0, 0.05) is 12.7 Å². The Morgan fingerprint density at radius 2 is 1.93 bits per heavy atom. The van der Waals surface area contributed by atoms with Gasteiger partial charge in [-0.2, -0.15) is 5.10 Å². The van der Waals surface area contributed by atoms with Crippen molar-refractivity contribution in [2.24, 2.45) is 7.05 Å². The Bertz CT molecular complexity index is 1360. The number of amides is 1. The van der Waals surface area contributed by atoms with Gasteiger partial charge in [0.2, 0.25) is 0 Å². The second kappa shape index (κ2) is 6.82. The van der Waals surface area contributed by atoms with Gasteiger partial charge in [-0.25, -0.2) is 19.4 Å². The number of hydrogen-bond donors (Lipinski definition) is 2. The number of aryl methyl sites for hydroxylation is 3. The SMILES string of the molecule is Cc1cc(C)n(-c2ccc(NC(=O)c3ccc4c(=O)[nH]c(=O)n(C)c4n3)cn2)n1. The Labute approximate surface area is 163 Å². The van der Waals surface area contributed by atoms with E-state index in [1.807, 2.05) is 19.9 Å². The molecule has 0 aliphatic carbocycles. The lowest BCUT2D eigenvalue weighted by Crippen LogP contribution is -2.29. The van der Waals surface area contributed by atoms with Crippen molar-refractivity contribution in [2.45, 2.75) is 13.8 Å². The lowest BCUT2D eigenvalue weighted by molar-refractivity contribution is 0.102. The molecule has 4 heterocycles. The number of anilines is 1. The monoisotopic (exact) mass is 391 g/mol. The summed E-state index contributed by atoms with van der Waals surface area (Å²) in [6.45, 7) is 3.83. The first-order valence-corrected chi connectivity index (χ1v) is 8.74. The van der Waals surface area contributed by atoms with Crippen LogP contribution in [0.25, 0.3) is 16.9 Å². The molecule has 1 amide bonds. The molecule has 4 rings (SSSR count). The molecule has 10 nitrogen and oxygen atoms in total. The van der Waals surface area contributed by atoms with Gasteiger partial charge in [-0.3, -0.25) is 19.1 Å². The van der Waals surface area contributed by atoms with Crippen LogP contribution in [0.3, 0.4) is 0 Å². The largest absolute Gasteiger partial charge is 0.329 e. The quantitative estimate of drug-likeness (QED) is 0.538. The van der Waals surface area contributed by atoms with Crippen molar-refractivity contribution in [3.8, 4) is 5.82 Å². The summed E-state index contributed by atoms with van der Waals surface area (Å²) < 4.78 is 2.89. The van der Waals surface area contributed by atoms with Crippen molar-refractivity contribution >= 4 is 22.6 Å². The third kappa shape index (κ3) is 3.31. The molecule has 29 heavy (non-hydrogen) atoms. The number of aromatic amines is 1. The van der Waals surface area contributed by atoms with Crippen molar-refractivity contribution < 1.29 is 4.79 Å². The van der Waals surface area contributed by atoms with Gasteiger partial charge < -0.3 is 5.32 Å². The second-order valence-electron chi connectivity index (χ2n) is 6.58. The molecule has 10 heteroatoms. The van der Waals surface area contributed by atoms with E-state index in [1.165, 1.54) is 29.9 Å². The smallest absolute Gasteiger partial charge is 0.319 e. The molecule has 0 unspecified atom stereocenters. The standard InChI is InChI=1S/C19H17N7O3/c1-10-8-11(2)26(24-10)15-7-4-12(9-20-15)21-18(28)14-6-5-13-16(22-14)25(3)19(29)23-17(13)27/h4-9H,1-3H3,(H,21,28)(H,23,27,29). The fourth-order valence-electron chi connectivity index (χ4n) is 2.99. The Balaban J connectivity index is 1.61. The van der Waals surface area contributed by atoms with Crippen LogP contribution in [0.2, 0.25) is 0 Å². The summed E-state index contributed by atoms with van der Waals surface area (Å²) in [4.78, 5) is 46.9. The van der Waals surface area contributed by atoms with E-state index in [9.17, 15) is 14.4 Å².